The summed E-state index contributed by atoms with van der Waals surface area (Å²) in [6.45, 7) is 2.05. The summed E-state index contributed by atoms with van der Waals surface area (Å²) in [6.07, 6.45) is 1.38. The van der Waals surface area contributed by atoms with E-state index in [4.69, 9.17) is 9.47 Å². The molecular weight excluding hydrogens is 332 g/mol. The lowest BCUT2D eigenvalue weighted by molar-refractivity contribution is 0.0515. The number of benzene rings is 1. The van der Waals surface area contributed by atoms with Crippen LogP contribution in [-0.2, 0) is 28.4 Å². The van der Waals surface area contributed by atoms with Crippen LogP contribution in [0.2, 0.25) is 0 Å². The minimum Gasteiger partial charge on any atom is -0.497 e. The maximum Gasteiger partial charge on any atom is 0.354 e. The molecule has 1 aromatic carbocycles. The normalized spacial score (nSPS) is 11.3. The molecule has 2 aromatic rings. The van der Waals surface area contributed by atoms with Crippen LogP contribution >= 0.6 is 0 Å². The molecule has 0 aliphatic carbocycles. The second kappa shape index (κ2) is 7.50. The third-order valence-corrected chi connectivity index (χ3v) is 4.77. The molecule has 130 valence electrons. The van der Waals surface area contributed by atoms with Crippen molar-refractivity contribution in [1.82, 2.24) is 9.29 Å². The number of ether oxygens (including phenoxy) is 2. The molecule has 0 saturated heterocycles. The van der Waals surface area contributed by atoms with Gasteiger partial charge in [0.05, 0.1) is 13.7 Å². The number of hydrogen-bond acceptors (Lipinski definition) is 5. The van der Waals surface area contributed by atoms with Gasteiger partial charge in [-0.1, -0.05) is 12.1 Å². The second-order valence-electron chi connectivity index (χ2n) is 5.07. The molecule has 0 bridgehead atoms. The zero-order valence-electron chi connectivity index (χ0n) is 13.8. The highest BCUT2D eigenvalue weighted by atomic mass is 32.2. The SMILES string of the molecule is CCOC(=O)c1cc(S(=O)(=O)NCc2ccc(OC)cc2)cn1C. The lowest BCUT2D eigenvalue weighted by Crippen LogP contribution is -2.22. The lowest BCUT2D eigenvalue weighted by Gasteiger charge is -2.06. The van der Waals surface area contributed by atoms with Gasteiger partial charge < -0.3 is 14.0 Å². The summed E-state index contributed by atoms with van der Waals surface area (Å²) < 4.78 is 38.6. The first-order valence-electron chi connectivity index (χ1n) is 7.33. The molecule has 7 nitrogen and oxygen atoms in total. The van der Waals surface area contributed by atoms with E-state index in [2.05, 4.69) is 4.72 Å². The quantitative estimate of drug-likeness (QED) is 0.766. The highest BCUT2D eigenvalue weighted by Gasteiger charge is 2.21. The van der Waals surface area contributed by atoms with E-state index < -0.39 is 16.0 Å². The Labute approximate surface area is 141 Å². The van der Waals surface area contributed by atoms with Crippen LogP contribution in [-0.4, -0.2) is 32.7 Å². The van der Waals surface area contributed by atoms with Crippen molar-refractivity contribution in [1.29, 1.82) is 0 Å². The van der Waals surface area contributed by atoms with Gasteiger partial charge in [-0.15, -0.1) is 0 Å². The number of carbonyl (C=O) groups is 1. The Hall–Kier alpha value is -2.32. The number of nitrogens with zero attached hydrogens (tertiary/aromatic N) is 1. The van der Waals surface area contributed by atoms with E-state index in [0.29, 0.717) is 5.75 Å². The van der Waals surface area contributed by atoms with Crippen molar-refractivity contribution in [3.63, 3.8) is 0 Å². The molecule has 1 heterocycles. The predicted octanol–water partition coefficient (Wildman–Crippen LogP) is 1.69. The number of nitrogens with one attached hydrogen (secondary N) is 1. The van der Waals surface area contributed by atoms with E-state index >= 15 is 0 Å². The topological polar surface area (TPSA) is 86.6 Å². The summed E-state index contributed by atoms with van der Waals surface area (Å²) in [4.78, 5) is 11.8. The smallest absolute Gasteiger partial charge is 0.354 e. The number of aromatic nitrogens is 1. The molecule has 0 radical (unpaired) electrons. The molecule has 0 spiro atoms. The van der Waals surface area contributed by atoms with Gasteiger partial charge >= 0.3 is 5.97 Å². The molecule has 0 aliphatic heterocycles. The van der Waals surface area contributed by atoms with Crippen LogP contribution in [0.4, 0.5) is 0 Å². The molecular formula is C16H20N2O5S. The van der Waals surface area contributed by atoms with Crippen LogP contribution in [0.1, 0.15) is 23.0 Å². The van der Waals surface area contributed by atoms with Crippen molar-refractivity contribution in [2.45, 2.75) is 18.4 Å². The van der Waals surface area contributed by atoms with Gasteiger partial charge in [0.15, 0.2) is 0 Å². The van der Waals surface area contributed by atoms with E-state index in [1.807, 2.05) is 0 Å². The Morgan fingerprint density at radius 1 is 1.25 bits per heavy atom. The average Bonchev–Trinajstić information content (AvgIpc) is 2.96. The highest BCUT2D eigenvalue weighted by Crippen LogP contribution is 2.16. The fourth-order valence-electron chi connectivity index (χ4n) is 2.09. The van der Waals surface area contributed by atoms with E-state index in [1.165, 1.54) is 16.8 Å². The Morgan fingerprint density at radius 2 is 1.92 bits per heavy atom. The van der Waals surface area contributed by atoms with E-state index in [1.54, 1.807) is 45.3 Å². The zero-order chi connectivity index (χ0) is 17.7. The molecule has 8 heteroatoms. The molecule has 0 fully saturated rings. The highest BCUT2D eigenvalue weighted by molar-refractivity contribution is 7.89. The third-order valence-electron chi connectivity index (χ3n) is 3.40. The predicted molar refractivity (Wildman–Crippen MR) is 88.4 cm³/mol. The van der Waals surface area contributed by atoms with Crippen LogP contribution < -0.4 is 9.46 Å². The summed E-state index contributed by atoms with van der Waals surface area (Å²) >= 11 is 0. The standard InChI is InChI=1S/C16H20N2O5S/c1-4-23-16(19)15-9-14(11-18(15)2)24(20,21)17-10-12-5-7-13(22-3)8-6-12/h5-9,11,17H,4,10H2,1-3H3. The molecule has 0 atom stereocenters. The average molecular weight is 352 g/mol. The van der Waals surface area contributed by atoms with Gasteiger partial charge in [-0.25, -0.2) is 17.9 Å². The minimum atomic E-state index is -3.73. The summed E-state index contributed by atoms with van der Waals surface area (Å²) in [5.41, 5.74) is 0.975. The fourth-order valence-corrected chi connectivity index (χ4v) is 3.18. The van der Waals surface area contributed by atoms with Crippen molar-refractivity contribution in [3.8, 4) is 5.75 Å². The molecule has 2 rings (SSSR count). The van der Waals surface area contributed by atoms with Crippen molar-refractivity contribution in [2.75, 3.05) is 13.7 Å². The van der Waals surface area contributed by atoms with E-state index in [9.17, 15) is 13.2 Å². The van der Waals surface area contributed by atoms with Gasteiger partial charge in [-0.05, 0) is 30.7 Å². The molecule has 0 aliphatic rings. The van der Waals surface area contributed by atoms with Crippen LogP contribution in [0.5, 0.6) is 5.75 Å². The van der Waals surface area contributed by atoms with E-state index in [0.717, 1.165) is 5.56 Å². The lowest BCUT2D eigenvalue weighted by atomic mass is 10.2. The molecule has 0 unspecified atom stereocenters. The summed E-state index contributed by atoms with van der Waals surface area (Å²) in [7, 11) is -0.578. The van der Waals surface area contributed by atoms with Gasteiger partial charge in [-0.3, -0.25) is 0 Å². The maximum absolute atomic E-state index is 12.4. The van der Waals surface area contributed by atoms with Gasteiger partial charge in [0.1, 0.15) is 16.3 Å². The molecule has 1 N–H and O–H groups in total. The van der Waals surface area contributed by atoms with E-state index in [-0.39, 0.29) is 23.7 Å². The summed E-state index contributed by atoms with van der Waals surface area (Å²) in [6, 6.07) is 8.36. The van der Waals surface area contributed by atoms with Crippen molar-refractivity contribution in [3.05, 3.63) is 47.8 Å². The number of methoxy groups -OCH3 is 1. The summed E-state index contributed by atoms with van der Waals surface area (Å²) in [5.74, 6) is 0.139. The Bertz CT molecular complexity index is 809. The van der Waals surface area contributed by atoms with Crippen LogP contribution in [0, 0.1) is 0 Å². The molecule has 1 aromatic heterocycles. The van der Waals surface area contributed by atoms with Crippen LogP contribution in [0.25, 0.3) is 0 Å². The minimum absolute atomic E-state index is 0.0153. The Kier molecular flexibility index (Phi) is 5.63. The first-order valence-corrected chi connectivity index (χ1v) is 8.81. The van der Waals surface area contributed by atoms with Gasteiger partial charge in [0.2, 0.25) is 10.0 Å². The van der Waals surface area contributed by atoms with Crippen molar-refractivity contribution in [2.24, 2.45) is 7.05 Å². The Balaban J connectivity index is 2.12. The molecule has 24 heavy (non-hydrogen) atoms. The largest absolute Gasteiger partial charge is 0.497 e. The first-order chi connectivity index (χ1) is 11.4. The monoisotopic (exact) mass is 352 g/mol. The number of sulfonamides is 1. The van der Waals surface area contributed by atoms with Crippen LogP contribution in [0.15, 0.2) is 41.4 Å². The number of esters is 1. The molecule has 0 amide bonds. The van der Waals surface area contributed by atoms with Crippen molar-refractivity contribution >= 4 is 16.0 Å². The first kappa shape index (κ1) is 18.0. The van der Waals surface area contributed by atoms with Gasteiger partial charge in [0.25, 0.3) is 0 Å². The van der Waals surface area contributed by atoms with Gasteiger partial charge in [0, 0.05) is 19.8 Å². The van der Waals surface area contributed by atoms with Crippen LogP contribution in [0.3, 0.4) is 0 Å². The third kappa shape index (κ3) is 4.15. The number of rotatable bonds is 7. The van der Waals surface area contributed by atoms with Crippen molar-refractivity contribution < 1.29 is 22.7 Å². The Morgan fingerprint density at radius 3 is 2.50 bits per heavy atom. The number of hydrogen-bond donors (Lipinski definition) is 1. The number of aryl methyl sites for hydroxylation is 1. The maximum atomic E-state index is 12.4. The summed E-state index contributed by atoms with van der Waals surface area (Å²) in [5, 5.41) is 0. The number of carbonyl (C=O) groups excluding carboxylic acids is 1. The second-order valence-corrected chi connectivity index (χ2v) is 6.83. The van der Waals surface area contributed by atoms with Gasteiger partial charge in [-0.2, -0.15) is 0 Å². The molecule has 0 saturated carbocycles. The zero-order valence-corrected chi connectivity index (χ0v) is 14.6. The fraction of sp³-hybridized carbons (Fsp3) is 0.312.